The number of carbonyl (C=O) groups is 6. The minimum atomic E-state index is -1.63. The number of ketones is 4. The smallest absolute Gasteiger partial charge is 0.330 e. The Balaban J connectivity index is 0.000000188. The van der Waals surface area contributed by atoms with Gasteiger partial charge >= 0.3 is 11.9 Å². The van der Waals surface area contributed by atoms with Crippen molar-refractivity contribution in [3.05, 3.63) is 127 Å². The van der Waals surface area contributed by atoms with Crippen molar-refractivity contribution >= 4 is 47.2 Å². The Bertz CT molecular complexity index is 4070. The molecular formula is C82H100O16. The summed E-state index contributed by atoms with van der Waals surface area (Å²) in [4.78, 5) is 83.7. The number of aliphatic carboxylic acids is 2. The molecule has 16 nitrogen and oxygen atoms in total. The maximum Gasteiger partial charge on any atom is 0.330 e. The highest BCUT2D eigenvalue weighted by molar-refractivity contribution is 6.19. The monoisotopic (exact) mass is 1340 g/mol. The van der Waals surface area contributed by atoms with Crippen LogP contribution in [-0.4, -0.2) is 100 Å². The quantitative estimate of drug-likeness (QED) is 0.0850. The number of phenolic OH excluding ortho intramolecular Hbond substituents is 2. The van der Waals surface area contributed by atoms with E-state index in [0.29, 0.717) is 77.9 Å². The first-order chi connectivity index (χ1) is 46.0. The van der Waals surface area contributed by atoms with Gasteiger partial charge in [-0.3, -0.25) is 19.2 Å². The fourth-order valence-electron chi connectivity index (χ4n) is 19.1. The second-order valence-electron chi connectivity index (χ2n) is 32.5. The van der Waals surface area contributed by atoms with Gasteiger partial charge in [-0.2, -0.15) is 0 Å². The molecule has 15 rings (SSSR count). The van der Waals surface area contributed by atoms with Gasteiger partial charge in [-0.15, -0.1) is 0 Å². The Morgan fingerprint density at radius 3 is 1.54 bits per heavy atom. The molecule has 524 valence electrons. The zero-order valence-electron chi connectivity index (χ0n) is 60.2. The van der Waals surface area contributed by atoms with Crippen LogP contribution in [0.15, 0.2) is 93.7 Å². The van der Waals surface area contributed by atoms with Gasteiger partial charge in [-0.05, 0) is 198 Å². The van der Waals surface area contributed by atoms with Gasteiger partial charge in [-0.1, -0.05) is 96.9 Å². The summed E-state index contributed by atoms with van der Waals surface area (Å²) in [6.45, 7) is 31.0. The molecule has 4 N–H and O–H groups in total. The van der Waals surface area contributed by atoms with Crippen molar-refractivity contribution in [1.29, 1.82) is 0 Å². The van der Waals surface area contributed by atoms with Gasteiger partial charge in [0.25, 0.3) is 0 Å². The summed E-state index contributed by atoms with van der Waals surface area (Å²) < 4.78 is 42.0. The largest absolute Gasteiger partial charge is 0.506 e. The van der Waals surface area contributed by atoms with Gasteiger partial charge in [0.1, 0.15) is 56.8 Å². The van der Waals surface area contributed by atoms with Crippen molar-refractivity contribution in [2.75, 3.05) is 0 Å². The lowest BCUT2D eigenvalue weighted by atomic mass is 9.41. The molecule has 12 unspecified atom stereocenters. The molecule has 12 atom stereocenters. The lowest BCUT2D eigenvalue weighted by Gasteiger charge is -2.64. The van der Waals surface area contributed by atoms with E-state index in [2.05, 4.69) is 45.9 Å². The van der Waals surface area contributed by atoms with E-state index >= 15 is 9.59 Å². The first-order valence-electron chi connectivity index (χ1n) is 35.6. The SMILES string of the molecule is CC(C)=CCCC1(C)C=Cc2c(O)c3c(c(CC=C(C)C)c2O1)OC12C(=CC4CC1C(C)(C)OC2(C/C=C(/C)C(=O)O)C4=O)C3=O.CC(C)=CCCC1(C)C=Cc2c(O)c3c(c(CC=C(C)C)c2O1)OC12C(C3=O)C(C3CCCCC3)C3CC1C(C)(C)OC2(C/C=C(/C)C(=O)O)C3=O. The third kappa shape index (κ3) is 10.8. The molecule has 7 fully saturated rings. The second-order valence-corrected chi connectivity index (χ2v) is 32.5. The number of ether oxygens (including phenoxy) is 6. The van der Waals surface area contributed by atoms with Crippen LogP contribution < -0.4 is 18.9 Å². The fraction of sp³-hybridized carbons (Fsp3) is 0.561. The molecule has 2 saturated heterocycles. The Kier molecular flexibility index (Phi) is 17.7. The number of fused-ring (bicyclic) bond motifs is 4. The van der Waals surface area contributed by atoms with Crippen LogP contribution in [0.3, 0.4) is 0 Å². The van der Waals surface area contributed by atoms with E-state index in [1.807, 2.05) is 99.6 Å². The number of phenols is 2. The Labute approximate surface area is 577 Å². The number of rotatable bonds is 17. The molecule has 16 heteroatoms. The molecule has 6 aliphatic heterocycles. The highest BCUT2D eigenvalue weighted by atomic mass is 16.6. The van der Waals surface area contributed by atoms with Crippen molar-refractivity contribution in [2.45, 2.75) is 252 Å². The zero-order valence-corrected chi connectivity index (χ0v) is 60.2. The van der Waals surface area contributed by atoms with Gasteiger partial charge in [0.15, 0.2) is 45.5 Å². The van der Waals surface area contributed by atoms with Crippen molar-refractivity contribution in [3.8, 4) is 34.5 Å². The summed E-state index contributed by atoms with van der Waals surface area (Å²) in [6.07, 6.45) is 30.6. The van der Waals surface area contributed by atoms with Crippen LogP contribution in [0.1, 0.15) is 237 Å². The van der Waals surface area contributed by atoms with E-state index in [-0.39, 0.29) is 99.1 Å². The Morgan fingerprint density at radius 1 is 0.551 bits per heavy atom. The highest BCUT2D eigenvalue weighted by Gasteiger charge is 2.86. The fourth-order valence-corrected chi connectivity index (χ4v) is 19.1. The summed E-state index contributed by atoms with van der Waals surface area (Å²) in [5, 5.41) is 43.5. The molecule has 6 heterocycles. The molecule has 2 spiro atoms. The summed E-state index contributed by atoms with van der Waals surface area (Å²) in [5.74, 6) is -4.62. The van der Waals surface area contributed by atoms with Crippen LogP contribution in [0.5, 0.6) is 34.5 Å². The maximum atomic E-state index is 15.6. The van der Waals surface area contributed by atoms with E-state index in [4.69, 9.17) is 28.4 Å². The van der Waals surface area contributed by atoms with Crippen LogP contribution in [0.2, 0.25) is 0 Å². The molecule has 8 bridgehead atoms. The lowest BCUT2D eigenvalue weighted by Crippen LogP contribution is -2.79. The average Bonchev–Trinajstić information content (AvgIpc) is 1.47. The highest BCUT2D eigenvalue weighted by Crippen LogP contribution is 2.74. The second kappa shape index (κ2) is 24.7. The van der Waals surface area contributed by atoms with E-state index < -0.39 is 80.3 Å². The van der Waals surface area contributed by atoms with Gasteiger partial charge < -0.3 is 48.8 Å². The third-order valence-electron chi connectivity index (χ3n) is 23.8. The summed E-state index contributed by atoms with van der Waals surface area (Å²) >= 11 is 0. The van der Waals surface area contributed by atoms with Crippen LogP contribution in [0.25, 0.3) is 12.2 Å². The number of hydrogen-bond acceptors (Lipinski definition) is 14. The maximum absolute atomic E-state index is 15.6. The predicted molar refractivity (Wildman–Crippen MR) is 374 cm³/mol. The van der Waals surface area contributed by atoms with Crippen LogP contribution in [-0.2, 0) is 41.5 Å². The predicted octanol–water partition coefficient (Wildman–Crippen LogP) is 16.4. The molecule has 5 saturated carbocycles. The number of carboxylic acid groups (broad SMARTS) is 2. The molecule has 13 aliphatic rings. The molecular weight excluding hydrogens is 1240 g/mol. The number of aromatic hydroxyl groups is 2. The van der Waals surface area contributed by atoms with Gasteiger partial charge in [-0.25, -0.2) is 9.59 Å². The van der Waals surface area contributed by atoms with Crippen molar-refractivity contribution in [1.82, 2.24) is 0 Å². The van der Waals surface area contributed by atoms with Crippen LogP contribution in [0, 0.1) is 41.4 Å². The Hall–Kier alpha value is -7.56. The van der Waals surface area contributed by atoms with Gasteiger partial charge in [0, 0.05) is 64.4 Å². The van der Waals surface area contributed by atoms with Crippen molar-refractivity contribution in [3.63, 3.8) is 0 Å². The topological polar surface area (TPSA) is 239 Å². The molecule has 2 aromatic rings. The minimum Gasteiger partial charge on any atom is -0.506 e. The molecule has 98 heavy (non-hydrogen) atoms. The summed E-state index contributed by atoms with van der Waals surface area (Å²) in [5.41, 5.74) is -1.73. The van der Waals surface area contributed by atoms with E-state index in [0.717, 1.165) is 56.1 Å². The third-order valence-corrected chi connectivity index (χ3v) is 23.8. The van der Waals surface area contributed by atoms with Crippen LogP contribution >= 0.6 is 0 Å². The first kappa shape index (κ1) is 70.3. The van der Waals surface area contributed by atoms with E-state index in [9.17, 15) is 39.6 Å². The van der Waals surface area contributed by atoms with E-state index in [1.54, 1.807) is 12.2 Å². The number of carbonyl (C=O) groups excluding carboxylic acids is 4. The Morgan fingerprint density at radius 2 is 1.03 bits per heavy atom. The number of allylic oxidation sites excluding steroid dienone is 9. The first-order valence-corrected chi connectivity index (χ1v) is 35.6. The zero-order chi connectivity index (χ0) is 71.1. The van der Waals surface area contributed by atoms with Crippen molar-refractivity contribution < 1.29 is 77.6 Å². The number of carboxylic acids is 2. The standard InChI is InChI=1S/C44H56O8.C38H44O8/c1-24(2)13-12-20-42(8)21-19-28-35(45)33-36(46)34-32(27-14-10-9-11-15-27)30-23-31-41(6,7)52-43(39(30)47,22-18-26(5)40(48)49)44(31,34)51-38(33)29(37(28)50-42)17-16-25(3)4;1-20(2)10-9-15-36(8)16-14-24-29(39)28-30(40)26-18-23-19-27-35(6,7)46-37(33(23)41,17-13-22(5)34(42)43)38(26,27)45-32(28)25(31(24)44-36)12-11-21(3)4/h13,16,18-19,21,27,30-32,34,45H,9-12,14-15,17,20,22-23H2,1-8H3,(H,48,49);10-11,13-14,16,18,23,27,39H,9,12,15,17,19H2,1-8H3,(H,42,43)/b26-18-;22-13-. The number of Topliss-reactive ketones (excluding diaryl/α,β-unsaturated/α-hetero) is 4. The molecule has 0 radical (unpaired) electrons. The van der Waals surface area contributed by atoms with Gasteiger partial charge in [0.05, 0.1) is 28.2 Å². The van der Waals surface area contributed by atoms with E-state index in [1.165, 1.54) is 31.1 Å². The normalized spacial score (nSPS) is 32.8. The number of hydrogen-bond donors (Lipinski definition) is 4. The number of benzene rings is 2. The average molecular weight is 1340 g/mol. The molecule has 0 amide bonds. The molecule has 0 aromatic heterocycles. The summed E-state index contributed by atoms with van der Waals surface area (Å²) in [7, 11) is 0. The van der Waals surface area contributed by atoms with Crippen molar-refractivity contribution in [2.24, 2.45) is 41.4 Å². The molecule has 7 aliphatic carbocycles. The minimum absolute atomic E-state index is 0.0151. The molecule has 2 aromatic carbocycles. The van der Waals surface area contributed by atoms with Crippen LogP contribution in [0.4, 0.5) is 0 Å². The van der Waals surface area contributed by atoms with Gasteiger partial charge in [0.2, 0.25) is 0 Å². The summed E-state index contributed by atoms with van der Waals surface area (Å²) in [6, 6.07) is 0. The lowest BCUT2D eigenvalue weighted by molar-refractivity contribution is -0.216.